The summed E-state index contributed by atoms with van der Waals surface area (Å²) in [6, 6.07) is 4.34. The molecule has 0 radical (unpaired) electrons. The maximum absolute atomic E-state index is 12.6. The van der Waals surface area contributed by atoms with E-state index in [1.165, 1.54) is 19.1 Å². The van der Waals surface area contributed by atoms with Crippen molar-refractivity contribution in [3.05, 3.63) is 29.8 Å². The van der Waals surface area contributed by atoms with Crippen LogP contribution < -0.4 is 10.7 Å². The van der Waals surface area contributed by atoms with Crippen LogP contribution in [-0.2, 0) is 15.8 Å². The van der Waals surface area contributed by atoms with Gasteiger partial charge in [-0.25, -0.2) is 5.43 Å². The van der Waals surface area contributed by atoms with Gasteiger partial charge in [-0.05, 0) is 25.1 Å². The summed E-state index contributed by atoms with van der Waals surface area (Å²) in [5.74, 6) is -0.816. The van der Waals surface area contributed by atoms with Crippen LogP contribution in [-0.4, -0.2) is 17.5 Å². The molecule has 0 heterocycles. The number of hydrogen-bond donors (Lipinski definition) is 2. The van der Waals surface area contributed by atoms with Crippen molar-refractivity contribution in [2.45, 2.75) is 32.9 Å². The van der Waals surface area contributed by atoms with E-state index in [0.29, 0.717) is 5.71 Å². The van der Waals surface area contributed by atoms with Gasteiger partial charge in [0.2, 0.25) is 11.8 Å². The van der Waals surface area contributed by atoms with Crippen molar-refractivity contribution in [2.24, 2.45) is 5.10 Å². The highest BCUT2D eigenvalue weighted by molar-refractivity contribution is 6.05. The number of hydrazone groups is 1. The minimum atomic E-state index is -4.47. The van der Waals surface area contributed by atoms with E-state index in [-0.39, 0.29) is 24.4 Å². The topological polar surface area (TPSA) is 70.6 Å². The Morgan fingerprint density at radius 2 is 1.91 bits per heavy atom. The molecule has 0 atom stereocenters. The number of alkyl halides is 3. The molecule has 0 unspecified atom stereocenters. The number of benzene rings is 1. The van der Waals surface area contributed by atoms with E-state index in [9.17, 15) is 22.8 Å². The van der Waals surface area contributed by atoms with Crippen LogP contribution in [0.25, 0.3) is 0 Å². The van der Waals surface area contributed by atoms with Gasteiger partial charge in [0.1, 0.15) is 0 Å². The number of carbonyl (C=O) groups is 2. The highest BCUT2D eigenvalue weighted by Gasteiger charge is 2.30. The van der Waals surface area contributed by atoms with Crippen LogP contribution in [0.4, 0.5) is 18.9 Å². The first-order chi connectivity index (χ1) is 10.2. The summed E-state index contributed by atoms with van der Waals surface area (Å²) in [7, 11) is 0. The van der Waals surface area contributed by atoms with Crippen LogP contribution in [0.15, 0.2) is 29.4 Å². The number of amides is 2. The predicted octanol–water partition coefficient (Wildman–Crippen LogP) is 2.94. The zero-order valence-electron chi connectivity index (χ0n) is 12.1. The van der Waals surface area contributed by atoms with Crippen molar-refractivity contribution < 1.29 is 22.8 Å². The van der Waals surface area contributed by atoms with Gasteiger partial charge in [-0.3, -0.25) is 9.59 Å². The second kappa shape index (κ2) is 7.58. The van der Waals surface area contributed by atoms with E-state index in [1.54, 1.807) is 6.92 Å². The third kappa shape index (κ3) is 5.94. The third-order valence-corrected chi connectivity index (χ3v) is 2.58. The Bertz CT molecular complexity index is 583. The molecule has 1 rings (SSSR count). The SMILES string of the molecule is CCC(=O)NN=C(C)CC(=O)Nc1cccc(C(F)(F)F)c1. The summed E-state index contributed by atoms with van der Waals surface area (Å²) in [6.45, 7) is 3.18. The molecule has 5 nitrogen and oxygen atoms in total. The Hall–Kier alpha value is -2.38. The molecular formula is C14H16F3N3O2. The number of carbonyl (C=O) groups excluding carboxylic acids is 2. The van der Waals surface area contributed by atoms with Gasteiger partial charge < -0.3 is 5.32 Å². The minimum Gasteiger partial charge on any atom is -0.326 e. The molecule has 2 amide bonds. The second-order valence-corrected chi connectivity index (χ2v) is 4.54. The number of rotatable bonds is 5. The highest BCUT2D eigenvalue weighted by atomic mass is 19.4. The molecule has 0 aliphatic heterocycles. The van der Waals surface area contributed by atoms with Crippen LogP contribution in [0.5, 0.6) is 0 Å². The van der Waals surface area contributed by atoms with Crippen molar-refractivity contribution in [2.75, 3.05) is 5.32 Å². The van der Waals surface area contributed by atoms with E-state index in [4.69, 9.17) is 0 Å². The number of nitrogens with one attached hydrogen (secondary N) is 2. The zero-order chi connectivity index (χ0) is 16.8. The second-order valence-electron chi connectivity index (χ2n) is 4.54. The normalized spacial score (nSPS) is 12.0. The number of nitrogens with zero attached hydrogens (tertiary/aromatic N) is 1. The van der Waals surface area contributed by atoms with Crippen LogP contribution >= 0.6 is 0 Å². The minimum absolute atomic E-state index is 0.0465. The van der Waals surface area contributed by atoms with Gasteiger partial charge in [-0.15, -0.1) is 0 Å². The fraction of sp³-hybridized carbons (Fsp3) is 0.357. The Labute approximate surface area is 125 Å². The molecule has 0 aliphatic rings. The Morgan fingerprint density at radius 3 is 2.50 bits per heavy atom. The van der Waals surface area contributed by atoms with Gasteiger partial charge in [-0.1, -0.05) is 13.0 Å². The van der Waals surface area contributed by atoms with Crippen molar-refractivity contribution >= 4 is 23.2 Å². The lowest BCUT2D eigenvalue weighted by molar-refractivity contribution is -0.137. The van der Waals surface area contributed by atoms with Crippen LogP contribution in [0.3, 0.4) is 0 Å². The average Bonchev–Trinajstić information content (AvgIpc) is 2.43. The van der Waals surface area contributed by atoms with Crippen molar-refractivity contribution in [3.8, 4) is 0 Å². The number of hydrogen-bond acceptors (Lipinski definition) is 3. The molecule has 22 heavy (non-hydrogen) atoms. The predicted molar refractivity (Wildman–Crippen MR) is 76.2 cm³/mol. The summed E-state index contributed by atoms with van der Waals surface area (Å²) >= 11 is 0. The molecule has 0 bridgehead atoms. The third-order valence-electron chi connectivity index (χ3n) is 2.58. The van der Waals surface area contributed by atoms with Gasteiger partial charge in [0.05, 0.1) is 12.0 Å². The molecule has 0 aromatic heterocycles. The van der Waals surface area contributed by atoms with E-state index < -0.39 is 17.6 Å². The van der Waals surface area contributed by atoms with Gasteiger partial charge in [-0.2, -0.15) is 18.3 Å². The lowest BCUT2D eigenvalue weighted by Crippen LogP contribution is -2.20. The van der Waals surface area contributed by atoms with Crippen LogP contribution in [0.1, 0.15) is 32.3 Å². The molecule has 1 aromatic carbocycles. The molecule has 0 saturated heterocycles. The molecule has 2 N–H and O–H groups in total. The highest BCUT2D eigenvalue weighted by Crippen LogP contribution is 2.30. The number of anilines is 1. The largest absolute Gasteiger partial charge is 0.416 e. The molecule has 0 aliphatic carbocycles. The first-order valence-corrected chi connectivity index (χ1v) is 6.51. The van der Waals surface area contributed by atoms with Gasteiger partial charge in [0, 0.05) is 17.8 Å². The van der Waals surface area contributed by atoms with E-state index in [1.807, 2.05) is 0 Å². The summed E-state index contributed by atoms with van der Waals surface area (Å²) in [4.78, 5) is 22.7. The van der Waals surface area contributed by atoms with Crippen molar-refractivity contribution in [1.29, 1.82) is 0 Å². The standard InChI is InChI=1S/C14H16F3N3O2/c1-3-12(21)20-19-9(2)7-13(22)18-11-6-4-5-10(8-11)14(15,16)17/h4-6,8H,3,7H2,1-2H3,(H,18,22)(H,20,21). The molecule has 1 aromatic rings. The lowest BCUT2D eigenvalue weighted by Gasteiger charge is -2.09. The van der Waals surface area contributed by atoms with E-state index >= 15 is 0 Å². The quantitative estimate of drug-likeness (QED) is 0.648. The van der Waals surface area contributed by atoms with E-state index in [2.05, 4.69) is 15.8 Å². The molecule has 120 valence electrons. The fourth-order valence-electron chi connectivity index (χ4n) is 1.49. The van der Waals surface area contributed by atoms with Crippen molar-refractivity contribution in [3.63, 3.8) is 0 Å². The van der Waals surface area contributed by atoms with Gasteiger partial charge in [0.15, 0.2) is 0 Å². The summed E-state index contributed by atoms with van der Waals surface area (Å²) < 4.78 is 37.7. The average molecular weight is 315 g/mol. The zero-order valence-corrected chi connectivity index (χ0v) is 12.1. The Kier molecular flexibility index (Phi) is 6.09. The number of halogens is 3. The maximum atomic E-state index is 12.6. The molecule has 0 saturated carbocycles. The first kappa shape index (κ1) is 17.7. The molecule has 8 heteroatoms. The summed E-state index contributed by atoms with van der Waals surface area (Å²) in [5, 5.41) is 6.06. The fourth-order valence-corrected chi connectivity index (χ4v) is 1.49. The lowest BCUT2D eigenvalue weighted by atomic mass is 10.2. The molecular weight excluding hydrogens is 299 g/mol. The van der Waals surface area contributed by atoms with Crippen LogP contribution in [0.2, 0.25) is 0 Å². The molecule has 0 fully saturated rings. The van der Waals surface area contributed by atoms with Crippen molar-refractivity contribution in [1.82, 2.24) is 5.43 Å². The monoisotopic (exact) mass is 315 g/mol. The Morgan fingerprint density at radius 1 is 1.23 bits per heavy atom. The van der Waals surface area contributed by atoms with E-state index in [0.717, 1.165) is 12.1 Å². The maximum Gasteiger partial charge on any atom is 0.416 e. The first-order valence-electron chi connectivity index (χ1n) is 6.51. The smallest absolute Gasteiger partial charge is 0.326 e. The van der Waals surface area contributed by atoms with Crippen LogP contribution in [0, 0.1) is 0 Å². The summed E-state index contributed by atoms with van der Waals surface area (Å²) in [5.41, 5.74) is 1.79. The Balaban J connectivity index is 2.64. The van der Waals surface area contributed by atoms with Gasteiger partial charge >= 0.3 is 6.18 Å². The molecule has 0 spiro atoms. The van der Waals surface area contributed by atoms with Gasteiger partial charge in [0.25, 0.3) is 0 Å². The summed E-state index contributed by atoms with van der Waals surface area (Å²) in [6.07, 6.45) is -4.35.